The third-order valence-electron chi connectivity index (χ3n) is 4.05. The molecule has 4 heteroatoms. The highest BCUT2D eigenvalue weighted by molar-refractivity contribution is 5.04. The lowest BCUT2D eigenvalue weighted by Crippen LogP contribution is -2.36. The summed E-state index contributed by atoms with van der Waals surface area (Å²) >= 11 is 0. The first-order valence-corrected chi connectivity index (χ1v) is 6.74. The topological polar surface area (TPSA) is 42.7 Å². The summed E-state index contributed by atoms with van der Waals surface area (Å²) in [5.41, 5.74) is 0.343. The van der Waals surface area contributed by atoms with Crippen LogP contribution in [0.15, 0.2) is 6.33 Å². The highest BCUT2D eigenvalue weighted by Crippen LogP contribution is 2.46. The van der Waals surface area contributed by atoms with E-state index in [2.05, 4.69) is 29.2 Å². The van der Waals surface area contributed by atoms with Gasteiger partial charge in [0, 0.05) is 7.05 Å². The number of hydrogen-bond acceptors (Lipinski definition) is 3. The van der Waals surface area contributed by atoms with E-state index in [1.165, 1.54) is 25.7 Å². The molecule has 1 aromatic heterocycles. The maximum absolute atomic E-state index is 4.45. The molecule has 0 spiro atoms. The van der Waals surface area contributed by atoms with Crippen molar-refractivity contribution in [3.05, 3.63) is 12.2 Å². The molecule has 1 fully saturated rings. The van der Waals surface area contributed by atoms with Gasteiger partial charge in [-0.25, -0.2) is 4.98 Å². The number of nitrogens with zero attached hydrogens (tertiary/aromatic N) is 3. The molecular formula is C13H24N4. The molecule has 1 heterocycles. The summed E-state index contributed by atoms with van der Waals surface area (Å²) in [5.74, 6) is 1.09. The molecule has 2 rings (SSSR count). The SMILES string of the molecule is CCCNC(c1ncnn1C)C1(C)CCCC1. The van der Waals surface area contributed by atoms with E-state index >= 15 is 0 Å². The van der Waals surface area contributed by atoms with Crippen molar-refractivity contribution in [3.63, 3.8) is 0 Å². The average molecular weight is 236 g/mol. The van der Waals surface area contributed by atoms with Gasteiger partial charge < -0.3 is 5.32 Å². The second-order valence-electron chi connectivity index (χ2n) is 5.49. The van der Waals surface area contributed by atoms with Crippen molar-refractivity contribution >= 4 is 0 Å². The second-order valence-corrected chi connectivity index (χ2v) is 5.49. The molecule has 1 atom stereocenters. The number of rotatable bonds is 5. The van der Waals surface area contributed by atoms with Crippen molar-refractivity contribution in [1.29, 1.82) is 0 Å². The fraction of sp³-hybridized carbons (Fsp3) is 0.846. The fourth-order valence-corrected chi connectivity index (χ4v) is 2.98. The summed E-state index contributed by atoms with van der Waals surface area (Å²) in [7, 11) is 1.99. The van der Waals surface area contributed by atoms with Gasteiger partial charge >= 0.3 is 0 Å². The summed E-state index contributed by atoms with van der Waals surface area (Å²) in [6.45, 7) is 5.65. The Hall–Kier alpha value is -0.900. The van der Waals surface area contributed by atoms with Crippen LogP contribution in [-0.2, 0) is 7.05 Å². The molecule has 0 aromatic carbocycles. The van der Waals surface area contributed by atoms with E-state index in [9.17, 15) is 0 Å². The Balaban J connectivity index is 2.21. The highest BCUT2D eigenvalue weighted by Gasteiger charge is 2.39. The standard InChI is InChI=1S/C13H24N4/c1-4-9-14-11(12-15-10-16-17(12)3)13(2)7-5-6-8-13/h10-11,14H,4-9H2,1-3H3. The Morgan fingerprint density at radius 1 is 1.47 bits per heavy atom. The zero-order valence-corrected chi connectivity index (χ0v) is 11.2. The van der Waals surface area contributed by atoms with Gasteiger partial charge in [-0.2, -0.15) is 5.10 Å². The van der Waals surface area contributed by atoms with E-state index in [4.69, 9.17) is 0 Å². The number of nitrogens with one attached hydrogen (secondary N) is 1. The van der Waals surface area contributed by atoms with E-state index in [1.807, 2.05) is 11.7 Å². The van der Waals surface area contributed by atoms with Crippen LogP contribution in [0.25, 0.3) is 0 Å². The van der Waals surface area contributed by atoms with E-state index in [0.29, 0.717) is 11.5 Å². The molecule has 0 bridgehead atoms. The summed E-state index contributed by atoms with van der Waals surface area (Å²) < 4.78 is 1.91. The largest absolute Gasteiger partial charge is 0.307 e. The van der Waals surface area contributed by atoms with Gasteiger partial charge in [0.15, 0.2) is 0 Å². The molecule has 0 aliphatic heterocycles. The predicted molar refractivity (Wildman–Crippen MR) is 68.6 cm³/mol. The number of aromatic nitrogens is 3. The third-order valence-corrected chi connectivity index (χ3v) is 4.05. The summed E-state index contributed by atoms with van der Waals surface area (Å²) in [6, 6.07) is 0.345. The minimum atomic E-state index is 0.343. The molecule has 96 valence electrons. The Morgan fingerprint density at radius 3 is 2.71 bits per heavy atom. The lowest BCUT2D eigenvalue weighted by Gasteiger charge is -2.34. The molecule has 17 heavy (non-hydrogen) atoms. The molecule has 0 saturated heterocycles. The zero-order chi connectivity index (χ0) is 12.3. The van der Waals surface area contributed by atoms with Gasteiger partial charge in [-0.15, -0.1) is 0 Å². The van der Waals surface area contributed by atoms with Crippen LogP contribution in [-0.4, -0.2) is 21.3 Å². The number of hydrogen-bond donors (Lipinski definition) is 1. The molecule has 1 aromatic rings. The quantitative estimate of drug-likeness (QED) is 0.854. The van der Waals surface area contributed by atoms with Crippen LogP contribution in [0.2, 0.25) is 0 Å². The molecule has 1 saturated carbocycles. The van der Waals surface area contributed by atoms with Crippen molar-refractivity contribution in [2.45, 2.75) is 52.0 Å². The van der Waals surface area contributed by atoms with Gasteiger partial charge in [0.25, 0.3) is 0 Å². The fourth-order valence-electron chi connectivity index (χ4n) is 2.98. The van der Waals surface area contributed by atoms with Crippen molar-refractivity contribution in [1.82, 2.24) is 20.1 Å². The summed E-state index contributed by atoms with van der Waals surface area (Å²) in [5, 5.41) is 7.89. The first-order valence-electron chi connectivity index (χ1n) is 6.74. The molecule has 0 amide bonds. The monoisotopic (exact) mass is 236 g/mol. The molecule has 4 nitrogen and oxygen atoms in total. The van der Waals surface area contributed by atoms with Crippen molar-refractivity contribution < 1.29 is 0 Å². The maximum atomic E-state index is 4.45. The molecule has 1 aliphatic rings. The van der Waals surface area contributed by atoms with Crippen LogP contribution in [0.4, 0.5) is 0 Å². The third kappa shape index (κ3) is 2.51. The Morgan fingerprint density at radius 2 is 2.18 bits per heavy atom. The van der Waals surface area contributed by atoms with E-state index in [1.54, 1.807) is 6.33 Å². The smallest absolute Gasteiger partial charge is 0.144 e. The van der Waals surface area contributed by atoms with Gasteiger partial charge in [0.1, 0.15) is 12.2 Å². The van der Waals surface area contributed by atoms with Gasteiger partial charge in [-0.05, 0) is 31.2 Å². The van der Waals surface area contributed by atoms with Crippen LogP contribution in [0.3, 0.4) is 0 Å². The molecule has 0 radical (unpaired) electrons. The second kappa shape index (κ2) is 5.17. The Labute approximate surface area is 104 Å². The van der Waals surface area contributed by atoms with Crippen molar-refractivity contribution in [2.24, 2.45) is 12.5 Å². The highest BCUT2D eigenvalue weighted by atomic mass is 15.3. The lowest BCUT2D eigenvalue weighted by molar-refractivity contribution is 0.210. The minimum Gasteiger partial charge on any atom is -0.307 e. The van der Waals surface area contributed by atoms with Gasteiger partial charge in [-0.1, -0.05) is 26.7 Å². The van der Waals surface area contributed by atoms with Crippen LogP contribution in [0, 0.1) is 5.41 Å². The normalized spacial score (nSPS) is 20.6. The van der Waals surface area contributed by atoms with Crippen LogP contribution < -0.4 is 5.32 Å². The van der Waals surface area contributed by atoms with Crippen molar-refractivity contribution in [3.8, 4) is 0 Å². The first kappa shape index (κ1) is 12.6. The molecule has 1 unspecified atom stereocenters. The zero-order valence-electron chi connectivity index (χ0n) is 11.2. The lowest BCUT2D eigenvalue weighted by atomic mass is 9.80. The molecule has 1 N–H and O–H groups in total. The molecule has 1 aliphatic carbocycles. The van der Waals surface area contributed by atoms with E-state index < -0.39 is 0 Å². The van der Waals surface area contributed by atoms with Crippen molar-refractivity contribution in [2.75, 3.05) is 6.54 Å². The van der Waals surface area contributed by atoms with Gasteiger partial charge in [0.05, 0.1) is 6.04 Å². The average Bonchev–Trinajstić information content (AvgIpc) is 2.90. The van der Waals surface area contributed by atoms with E-state index in [-0.39, 0.29) is 0 Å². The van der Waals surface area contributed by atoms with E-state index in [0.717, 1.165) is 18.8 Å². The summed E-state index contributed by atoms with van der Waals surface area (Å²) in [6.07, 6.45) is 8.10. The van der Waals surface area contributed by atoms with Crippen LogP contribution in [0.1, 0.15) is 57.8 Å². The Kier molecular flexibility index (Phi) is 3.82. The maximum Gasteiger partial charge on any atom is 0.144 e. The van der Waals surface area contributed by atoms with Crippen LogP contribution >= 0.6 is 0 Å². The predicted octanol–water partition coefficient (Wildman–Crippen LogP) is 2.44. The van der Waals surface area contributed by atoms with Gasteiger partial charge in [0.2, 0.25) is 0 Å². The minimum absolute atomic E-state index is 0.343. The number of aryl methyl sites for hydroxylation is 1. The first-order chi connectivity index (χ1) is 8.17. The molecular weight excluding hydrogens is 212 g/mol. The summed E-state index contributed by atoms with van der Waals surface area (Å²) in [4.78, 5) is 4.45. The Bertz CT molecular complexity index is 352. The van der Waals surface area contributed by atoms with Crippen LogP contribution in [0.5, 0.6) is 0 Å². The van der Waals surface area contributed by atoms with Gasteiger partial charge in [-0.3, -0.25) is 4.68 Å².